The first-order valence-corrected chi connectivity index (χ1v) is 15.5. The van der Waals surface area contributed by atoms with Gasteiger partial charge in [-0.2, -0.15) is 4.31 Å². The minimum Gasteiger partial charge on any atom is -0.334 e. The van der Waals surface area contributed by atoms with Gasteiger partial charge in [0.25, 0.3) is 0 Å². The third kappa shape index (κ3) is 5.27. The standard InChI is InChI=1S/C27H29N3O5S2/c1-36(32,33)24-10-5-11-25(18-24)37(34,35)29-15-6-9-23(19-29)28-27(31)30-16-14-22-17-21(12-13-26(22)30)20-7-3-2-4-8-20/h2-5,7-8,10-13,17-18,23H,6,9,14-16,19H2,1H3,(H,28,31). The number of fused-ring (bicyclic) bond motifs is 1. The monoisotopic (exact) mass is 539 g/mol. The van der Waals surface area contributed by atoms with Crippen LogP contribution in [-0.4, -0.2) is 59.1 Å². The summed E-state index contributed by atoms with van der Waals surface area (Å²) in [5, 5.41) is 3.02. The van der Waals surface area contributed by atoms with Gasteiger partial charge in [0.1, 0.15) is 0 Å². The molecule has 194 valence electrons. The molecular weight excluding hydrogens is 510 g/mol. The maximum Gasteiger partial charge on any atom is 0.322 e. The molecule has 1 unspecified atom stereocenters. The maximum absolute atomic E-state index is 13.3. The van der Waals surface area contributed by atoms with Crippen molar-refractivity contribution in [2.24, 2.45) is 0 Å². The fraction of sp³-hybridized carbons (Fsp3) is 0.296. The van der Waals surface area contributed by atoms with Gasteiger partial charge in [-0.1, -0.05) is 42.5 Å². The van der Waals surface area contributed by atoms with Crippen LogP contribution in [0.15, 0.2) is 82.6 Å². The van der Waals surface area contributed by atoms with Gasteiger partial charge in [-0.25, -0.2) is 21.6 Å². The van der Waals surface area contributed by atoms with Crippen molar-refractivity contribution >= 4 is 31.6 Å². The molecule has 3 aromatic carbocycles. The molecule has 2 heterocycles. The van der Waals surface area contributed by atoms with E-state index in [4.69, 9.17) is 0 Å². The summed E-state index contributed by atoms with van der Waals surface area (Å²) in [5.74, 6) is 0. The second-order valence-electron chi connectivity index (χ2n) is 9.51. The van der Waals surface area contributed by atoms with E-state index in [1.54, 1.807) is 4.90 Å². The normalized spacial score (nSPS) is 18.4. The van der Waals surface area contributed by atoms with Crippen molar-refractivity contribution in [1.29, 1.82) is 0 Å². The Morgan fingerprint density at radius 1 is 0.865 bits per heavy atom. The molecule has 0 aromatic heterocycles. The van der Waals surface area contributed by atoms with Crippen molar-refractivity contribution in [2.75, 3.05) is 30.8 Å². The molecule has 0 radical (unpaired) electrons. The lowest BCUT2D eigenvalue weighted by atomic mass is 10.0. The second-order valence-corrected chi connectivity index (χ2v) is 13.5. The highest BCUT2D eigenvalue weighted by molar-refractivity contribution is 7.91. The second kappa shape index (κ2) is 9.92. The fourth-order valence-electron chi connectivity index (χ4n) is 4.97. The predicted octanol–water partition coefficient (Wildman–Crippen LogP) is 3.68. The number of sulfone groups is 1. The molecule has 1 N–H and O–H groups in total. The van der Waals surface area contributed by atoms with Crippen molar-refractivity contribution in [2.45, 2.75) is 35.1 Å². The van der Waals surface area contributed by atoms with Gasteiger partial charge in [-0.3, -0.25) is 4.90 Å². The number of hydrogen-bond acceptors (Lipinski definition) is 5. The van der Waals surface area contributed by atoms with Gasteiger partial charge in [0.15, 0.2) is 9.84 Å². The third-order valence-corrected chi connectivity index (χ3v) is 9.88. The molecule has 3 aromatic rings. The largest absolute Gasteiger partial charge is 0.334 e. The molecular formula is C27H29N3O5S2. The SMILES string of the molecule is CS(=O)(=O)c1cccc(S(=O)(=O)N2CCCC(NC(=O)N3CCc4cc(-c5ccccc5)ccc43)C2)c1. The lowest BCUT2D eigenvalue weighted by Gasteiger charge is -2.33. The predicted molar refractivity (Wildman–Crippen MR) is 143 cm³/mol. The van der Waals surface area contributed by atoms with E-state index in [0.717, 1.165) is 35.1 Å². The fourth-order valence-corrected chi connectivity index (χ4v) is 7.28. The summed E-state index contributed by atoms with van der Waals surface area (Å²) >= 11 is 0. The van der Waals surface area contributed by atoms with Crippen LogP contribution < -0.4 is 10.2 Å². The van der Waals surface area contributed by atoms with Crippen LogP contribution in [0.5, 0.6) is 0 Å². The van der Waals surface area contributed by atoms with Crippen molar-refractivity contribution in [3.8, 4) is 11.1 Å². The molecule has 2 aliphatic rings. The van der Waals surface area contributed by atoms with Gasteiger partial charge in [0.05, 0.1) is 9.79 Å². The van der Waals surface area contributed by atoms with Gasteiger partial charge < -0.3 is 5.32 Å². The van der Waals surface area contributed by atoms with Crippen molar-refractivity contribution in [1.82, 2.24) is 9.62 Å². The van der Waals surface area contributed by atoms with E-state index in [0.29, 0.717) is 25.9 Å². The van der Waals surface area contributed by atoms with Crippen LogP contribution in [-0.2, 0) is 26.3 Å². The van der Waals surface area contributed by atoms with Gasteiger partial charge in [0.2, 0.25) is 10.0 Å². The molecule has 0 saturated carbocycles. The zero-order chi connectivity index (χ0) is 26.2. The molecule has 8 nitrogen and oxygen atoms in total. The number of benzene rings is 3. The van der Waals surface area contributed by atoms with Gasteiger partial charge in [0, 0.05) is 37.6 Å². The summed E-state index contributed by atoms with van der Waals surface area (Å²) in [6, 6.07) is 21.0. The summed E-state index contributed by atoms with van der Waals surface area (Å²) < 4.78 is 51.7. The highest BCUT2D eigenvalue weighted by atomic mass is 32.2. The first kappa shape index (κ1) is 25.4. The smallest absolute Gasteiger partial charge is 0.322 e. The highest BCUT2D eigenvalue weighted by Crippen LogP contribution is 2.32. The Balaban J connectivity index is 1.28. The van der Waals surface area contributed by atoms with Crippen LogP contribution in [0, 0.1) is 0 Å². The highest BCUT2D eigenvalue weighted by Gasteiger charge is 2.33. The number of anilines is 1. The lowest BCUT2D eigenvalue weighted by molar-refractivity contribution is 0.231. The van der Waals surface area contributed by atoms with Crippen molar-refractivity contribution in [3.63, 3.8) is 0 Å². The minimum atomic E-state index is -3.91. The number of piperidine rings is 1. The quantitative estimate of drug-likeness (QED) is 0.533. The van der Waals surface area contributed by atoms with E-state index in [9.17, 15) is 21.6 Å². The summed E-state index contributed by atoms with van der Waals surface area (Å²) in [5.41, 5.74) is 4.21. The number of amides is 2. The number of urea groups is 1. The topological polar surface area (TPSA) is 104 Å². The van der Waals surface area contributed by atoms with E-state index in [2.05, 4.69) is 23.5 Å². The molecule has 0 spiro atoms. The Bertz CT molecular complexity index is 1540. The van der Waals surface area contributed by atoms with Crippen LogP contribution in [0.3, 0.4) is 0 Å². The zero-order valence-corrected chi connectivity index (χ0v) is 22.1. The van der Waals surface area contributed by atoms with Crippen LogP contribution in [0.2, 0.25) is 0 Å². The minimum absolute atomic E-state index is 0.0430. The van der Waals surface area contributed by atoms with E-state index in [1.165, 1.54) is 28.6 Å². The zero-order valence-electron chi connectivity index (χ0n) is 20.5. The Morgan fingerprint density at radius 2 is 1.62 bits per heavy atom. The van der Waals surface area contributed by atoms with Crippen molar-refractivity contribution in [3.05, 3.63) is 78.4 Å². The van der Waals surface area contributed by atoms with Gasteiger partial charge in [-0.05, 0) is 66.3 Å². The summed E-state index contributed by atoms with van der Waals surface area (Å²) in [7, 11) is -7.45. The first-order chi connectivity index (χ1) is 17.6. The number of hydrogen-bond donors (Lipinski definition) is 1. The molecule has 2 aliphatic heterocycles. The average molecular weight is 540 g/mol. The number of nitrogens with zero attached hydrogens (tertiary/aromatic N) is 2. The van der Waals surface area contributed by atoms with E-state index in [1.807, 2.05) is 30.3 Å². The maximum atomic E-state index is 13.3. The number of carbonyl (C=O) groups excluding carboxylic acids is 1. The number of carbonyl (C=O) groups is 1. The van der Waals surface area contributed by atoms with Gasteiger partial charge in [-0.15, -0.1) is 0 Å². The van der Waals surface area contributed by atoms with E-state index in [-0.39, 0.29) is 28.4 Å². The summed E-state index contributed by atoms with van der Waals surface area (Å²) in [6.45, 7) is 1.00. The summed E-state index contributed by atoms with van der Waals surface area (Å²) in [4.78, 5) is 14.8. The number of nitrogens with one attached hydrogen (secondary N) is 1. The molecule has 37 heavy (non-hydrogen) atoms. The Labute approximate surface area is 217 Å². The lowest BCUT2D eigenvalue weighted by Crippen LogP contribution is -2.52. The molecule has 10 heteroatoms. The number of sulfonamides is 1. The van der Waals surface area contributed by atoms with Gasteiger partial charge >= 0.3 is 6.03 Å². The summed E-state index contributed by atoms with van der Waals surface area (Å²) in [6.07, 6.45) is 3.05. The molecule has 2 amide bonds. The Morgan fingerprint density at radius 3 is 2.38 bits per heavy atom. The molecule has 0 aliphatic carbocycles. The Hall–Kier alpha value is -3.21. The molecule has 5 rings (SSSR count). The van der Waals surface area contributed by atoms with Crippen LogP contribution in [0.25, 0.3) is 11.1 Å². The average Bonchev–Trinajstić information content (AvgIpc) is 3.32. The molecule has 1 fully saturated rings. The molecule has 1 atom stereocenters. The molecule has 0 bridgehead atoms. The number of rotatable bonds is 5. The van der Waals surface area contributed by atoms with E-state index < -0.39 is 19.9 Å². The molecule has 1 saturated heterocycles. The van der Waals surface area contributed by atoms with Crippen LogP contribution in [0.4, 0.5) is 10.5 Å². The Kier molecular flexibility index (Phi) is 6.82. The van der Waals surface area contributed by atoms with Crippen LogP contribution >= 0.6 is 0 Å². The third-order valence-electron chi connectivity index (χ3n) is 6.91. The van der Waals surface area contributed by atoms with Crippen LogP contribution in [0.1, 0.15) is 18.4 Å². The van der Waals surface area contributed by atoms with Crippen molar-refractivity contribution < 1.29 is 21.6 Å². The van der Waals surface area contributed by atoms with E-state index >= 15 is 0 Å². The first-order valence-electron chi connectivity index (χ1n) is 12.2.